The fourth-order valence-corrected chi connectivity index (χ4v) is 2.13. The average Bonchev–Trinajstić information content (AvgIpc) is 2.63. The third-order valence-corrected chi connectivity index (χ3v) is 2.98. The lowest BCUT2D eigenvalue weighted by Crippen LogP contribution is -2.13. The van der Waals surface area contributed by atoms with Gasteiger partial charge in [-0.2, -0.15) is 11.8 Å². The fourth-order valence-electron chi connectivity index (χ4n) is 1.46. The molecule has 0 amide bonds. The molecule has 0 saturated carbocycles. The largest absolute Gasteiger partial charge is 0.352 e. The number of nitrogens with zero attached hydrogens (tertiary/aromatic N) is 2. The Kier molecular flexibility index (Phi) is 5.32. The summed E-state index contributed by atoms with van der Waals surface area (Å²) in [5.74, 6) is 2.78. The van der Waals surface area contributed by atoms with Gasteiger partial charge in [-0.1, -0.05) is 13.0 Å². The van der Waals surface area contributed by atoms with Gasteiger partial charge in [0.25, 0.3) is 0 Å². The van der Waals surface area contributed by atoms with E-state index in [2.05, 4.69) is 34.6 Å². The molecule has 0 fully saturated rings. The standard InChI is InChI=1S/C11H19N3S/c1-4-5-12-11-13-6-7-14(11)8-10(2)9-15-3/h4,6-7,10H,1,5,8-9H2,2-3H3,(H,12,13). The monoisotopic (exact) mass is 225 g/mol. The molecule has 0 spiro atoms. The second-order valence-electron chi connectivity index (χ2n) is 3.63. The van der Waals surface area contributed by atoms with Crippen molar-refractivity contribution < 1.29 is 0 Å². The van der Waals surface area contributed by atoms with Gasteiger partial charge in [0.2, 0.25) is 5.95 Å². The van der Waals surface area contributed by atoms with Crippen molar-refractivity contribution in [3.8, 4) is 0 Å². The van der Waals surface area contributed by atoms with E-state index in [-0.39, 0.29) is 0 Å². The molecular formula is C11H19N3S. The van der Waals surface area contributed by atoms with Crippen LogP contribution in [0.2, 0.25) is 0 Å². The minimum Gasteiger partial charge on any atom is -0.352 e. The SMILES string of the molecule is C=CCNc1nccn1CC(C)CSC. The summed E-state index contributed by atoms with van der Waals surface area (Å²) in [6.07, 6.45) is 7.82. The minimum absolute atomic E-state index is 0.665. The highest BCUT2D eigenvalue weighted by molar-refractivity contribution is 7.98. The summed E-state index contributed by atoms with van der Waals surface area (Å²) in [7, 11) is 0. The molecule has 1 atom stereocenters. The molecule has 1 N–H and O–H groups in total. The molecule has 3 nitrogen and oxygen atoms in total. The summed E-state index contributed by atoms with van der Waals surface area (Å²) in [4.78, 5) is 4.26. The number of hydrogen-bond acceptors (Lipinski definition) is 3. The predicted molar refractivity (Wildman–Crippen MR) is 68.5 cm³/mol. The molecule has 0 radical (unpaired) electrons. The molecular weight excluding hydrogens is 206 g/mol. The number of thioether (sulfide) groups is 1. The van der Waals surface area contributed by atoms with Gasteiger partial charge in [-0.25, -0.2) is 4.98 Å². The highest BCUT2D eigenvalue weighted by Crippen LogP contribution is 2.11. The normalized spacial score (nSPS) is 12.4. The van der Waals surface area contributed by atoms with Gasteiger partial charge in [0.1, 0.15) is 0 Å². The molecule has 1 rings (SSSR count). The summed E-state index contributed by atoms with van der Waals surface area (Å²) in [6.45, 7) is 7.71. The zero-order chi connectivity index (χ0) is 11.1. The van der Waals surface area contributed by atoms with Gasteiger partial charge in [-0.3, -0.25) is 0 Å². The maximum absolute atomic E-state index is 4.26. The van der Waals surface area contributed by atoms with Crippen molar-refractivity contribution in [3.05, 3.63) is 25.0 Å². The summed E-state index contributed by atoms with van der Waals surface area (Å²) < 4.78 is 2.16. The lowest BCUT2D eigenvalue weighted by Gasteiger charge is -2.13. The van der Waals surface area contributed by atoms with Gasteiger partial charge in [-0.05, 0) is 17.9 Å². The van der Waals surface area contributed by atoms with Crippen molar-refractivity contribution in [2.75, 3.05) is 23.9 Å². The van der Waals surface area contributed by atoms with Crippen LogP contribution in [0.3, 0.4) is 0 Å². The van der Waals surface area contributed by atoms with E-state index in [9.17, 15) is 0 Å². The van der Waals surface area contributed by atoms with Crippen molar-refractivity contribution in [3.63, 3.8) is 0 Å². The Labute approximate surface area is 96.0 Å². The first-order valence-electron chi connectivity index (χ1n) is 5.12. The van der Waals surface area contributed by atoms with Crippen molar-refractivity contribution >= 4 is 17.7 Å². The Morgan fingerprint density at radius 2 is 2.53 bits per heavy atom. The van der Waals surface area contributed by atoms with Gasteiger partial charge in [0.15, 0.2) is 0 Å². The van der Waals surface area contributed by atoms with E-state index in [1.807, 2.05) is 30.2 Å². The summed E-state index contributed by atoms with van der Waals surface area (Å²) in [5.41, 5.74) is 0. The Hall–Kier alpha value is -0.900. The molecule has 1 heterocycles. The van der Waals surface area contributed by atoms with Crippen LogP contribution in [-0.2, 0) is 6.54 Å². The first-order chi connectivity index (χ1) is 7.27. The van der Waals surface area contributed by atoms with Crippen molar-refractivity contribution in [2.24, 2.45) is 5.92 Å². The summed E-state index contributed by atoms with van der Waals surface area (Å²) in [5, 5.41) is 3.22. The van der Waals surface area contributed by atoms with Gasteiger partial charge in [-0.15, -0.1) is 6.58 Å². The number of rotatable bonds is 7. The molecule has 1 unspecified atom stereocenters. The van der Waals surface area contributed by atoms with Crippen LogP contribution in [0.4, 0.5) is 5.95 Å². The van der Waals surface area contributed by atoms with E-state index >= 15 is 0 Å². The van der Waals surface area contributed by atoms with Crippen LogP contribution in [0.25, 0.3) is 0 Å². The van der Waals surface area contributed by atoms with Crippen molar-refractivity contribution in [1.29, 1.82) is 0 Å². The highest BCUT2D eigenvalue weighted by atomic mass is 32.2. The topological polar surface area (TPSA) is 29.9 Å². The number of nitrogens with one attached hydrogen (secondary N) is 1. The second kappa shape index (κ2) is 6.56. The molecule has 1 aromatic rings. The van der Waals surface area contributed by atoms with E-state index in [1.165, 1.54) is 5.75 Å². The van der Waals surface area contributed by atoms with Crippen LogP contribution < -0.4 is 5.32 Å². The van der Waals surface area contributed by atoms with E-state index in [4.69, 9.17) is 0 Å². The van der Waals surface area contributed by atoms with Gasteiger partial charge in [0.05, 0.1) is 0 Å². The second-order valence-corrected chi connectivity index (χ2v) is 4.54. The molecule has 84 valence electrons. The number of imidazole rings is 1. The molecule has 15 heavy (non-hydrogen) atoms. The molecule has 1 aromatic heterocycles. The third-order valence-electron chi connectivity index (χ3n) is 2.08. The molecule has 0 saturated heterocycles. The van der Waals surface area contributed by atoms with Gasteiger partial charge >= 0.3 is 0 Å². The Balaban J connectivity index is 2.52. The highest BCUT2D eigenvalue weighted by Gasteiger charge is 2.06. The van der Waals surface area contributed by atoms with Crippen molar-refractivity contribution in [1.82, 2.24) is 9.55 Å². The van der Waals surface area contributed by atoms with Crippen LogP contribution in [0, 0.1) is 5.92 Å². The van der Waals surface area contributed by atoms with Crippen LogP contribution in [0.15, 0.2) is 25.0 Å². The van der Waals surface area contributed by atoms with Gasteiger partial charge < -0.3 is 9.88 Å². The van der Waals surface area contributed by atoms with E-state index < -0.39 is 0 Å². The van der Waals surface area contributed by atoms with Crippen LogP contribution in [0.1, 0.15) is 6.92 Å². The molecule has 0 bridgehead atoms. The molecule has 0 aliphatic rings. The molecule has 0 aromatic carbocycles. The number of anilines is 1. The first kappa shape index (κ1) is 12.2. The Morgan fingerprint density at radius 3 is 3.20 bits per heavy atom. The number of aromatic nitrogens is 2. The minimum atomic E-state index is 0.665. The van der Waals surface area contributed by atoms with Crippen molar-refractivity contribution in [2.45, 2.75) is 13.5 Å². The van der Waals surface area contributed by atoms with Gasteiger partial charge in [0, 0.05) is 25.5 Å². The number of hydrogen-bond donors (Lipinski definition) is 1. The maximum atomic E-state index is 4.26. The van der Waals surface area contributed by atoms with Crippen LogP contribution in [0.5, 0.6) is 0 Å². The Morgan fingerprint density at radius 1 is 1.73 bits per heavy atom. The zero-order valence-electron chi connectivity index (χ0n) is 9.44. The zero-order valence-corrected chi connectivity index (χ0v) is 10.3. The van der Waals surface area contributed by atoms with Crippen LogP contribution in [-0.4, -0.2) is 28.1 Å². The molecule has 4 heteroatoms. The molecule has 0 aliphatic heterocycles. The summed E-state index contributed by atoms with van der Waals surface area (Å²) in [6, 6.07) is 0. The lowest BCUT2D eigenvalue weighted by atomic mass is 10.2. The van der Waals surface area contributed by atoms with E-state index in [0.29, 0.717) is 5.92 Å². The van der Waals surface area contributed by atoms with E-state index in [1.54, 1.807) is 0 Å². The van der Waals surface area contributed by atoms with Crippen LogP contribution >= 0.6 is 11.8 Å². The quantitative estimate of drug-likeness (QED) is 0.723. The molecule has 0 aliphatic carbocycles. The lowest BCUT2D eigenvalue weighted by molar-refractivity contribution is 0.534. The maximum Gasteiger partial charge on any atom is 0.203 e. The third kappa shape index (κ3) is 4.00. The average molecular weight is 225 g/mol. The smallest absolute Gasteiger partial charge is 0.203 e. The predicted octanol–water partition coefficient (Wildman–Crippen LogP) is 2.48. The fraction of sp³-hybridized carbons (Fsp3) is 0.545. The summed E-state index contributed by atoms with van der Waals surface area (Å²) >= 11 is 1.88. The first-order valence-corrected chi connectivity index (χ1v) is 6.52. The van der Waals surface area contributed by atoms with E-state index in [0.717, 1.165) is 19.0 Å². The Bertz CT molecular complexity index is 296.